The summed E-state index contributed by atoms with van der Waals surface area (Å²) in [5.41, 5.74) is 0. The second-order valence-corrected chi connectivity index (χ2v) is 10.3. The Balaban J connectivity index is 2.00. The second-order valence-electron chi connectivity index (χ2n) is 10.3. The maximum absolute atomic E-state index is 12.1. The molecule has 33 heavy (non-hydrogen) atoms. The van der Waals surface area contributed by atoms with Gasteiger partial charge in [-0.3, -0.25) is 4.79 Å². The van der Waals surface area contributed by atoms with Crippen LogP contribution in [0.3, 0.4) is 0 Å². The summed E-state index contributed by atoms with van der Waals surface area (Å²) in [5, 5.41) is 11.4. The van der Waals surface area contributed by atoms with Crippen molar-refractivity contribution in [3.05, 3.63) is 12.2 Å². The van der Waals surface area contributed by atoms with Gasteiger partial charge in [-0.1, -0.05) is 103 Å². The van der Waals surface area contributed by atoms with Gasteiger partial charge in [0.05, 0.1) is 6.42 Å². The first-order valence-corrected chi connectivity index (χ1v) is 14.1. The number of carbonyl (C=O) groups is 2. The Bertz CT molecular complexity index is 520. The molecule has 1 rings (SSSR count). The predicted octanol–water partition coefficient (Wildman–Crippen LogP) is 7.29. The third-order valence-corrected chi connectivity index (χ3v) is 7.07. The van der Waals surface area contributed by atoms with E-state index in [0.29, 0.717) is 12.3 Å². The number of aliphatic carboxylic acids is 1. The first kappa shape index (κ1) is 29.7. The average molecular weight is 464 g/mol. The number of ether oxygens (including phenoxy) is 1. The number of esters is 1. The second kappa shape index (κ2) is 20.1. The van der Waals surface area contributed by atoms with Crippen LogP contribution in [0.15, 0.2) is 12.2 Å². The van der Waals surface area contributed by atoms with Gasteiger partial charge in [0.2, 0.25) is 0 Å². The molecule has 1 atom stereocenters. The molecule has 0 aliphatic heterocycles. The van der Waals surface area contributed by atoms with Gasteiger partial charge in [0.1, 0.15) is 6.10 Å². The van der Waals surface area contributed by atoms with Crippen LogP contribution in [0.25, 0.3) is 0 Å². The van der Waals surface area contributed by atoms with Crippen molar-refractivity contribution in [1.29, 1.82) is 0 Å². The van der Waals surface area contributed by atoms with Crippen LogP contribution in [-0.4, -0.2) is 18.0 Å². The zero-order valence-electron chi connectivity index (χ0n) is 21.7. The maximum atomic E-state index is 12.1. The van der Waals surface area contributed by atoms with Gasteiger partial charge in [0, 0.05) is 11.9 Å². The molecule has 0 heterocycles. The number of carboxylic acids is 1. The Kier molecular flexibility index (Phi) is 18.1. The molecule has 0 bridgehead atoms. The Labute approximate surface area is 203 Å². The fourth-order valence-electron chi connectivity index (χ4n) is 4.70. The van der Waals surface area contributed by atoms with Crippen LogP contribution in [0.5, 0.6) is 0 Å². The topological polar surface area (TPSA) is 66.4 Å². The SMILES string of the molecule is CCCCCCCCCCCCCCCC=CCC(CC(=O)OC1CCC(C)CC1)C(=O)[O-]. The average Bonchev–Trinajstić information content (AvgIpc) is 2.79. The number of carboxylic acid groups (broad SMARTS) is 1. The molecule has 4 nitrogen and oxygen atoms in total. The summed E-state index contributed by atoms with van der Waals surface area (Å²) in [4.78, 5) is 23.6. The van der Waals surface area contributed by atoms with E-state index in [1.165, 1.54) is 77.0 Å². The smallest absolute Gasteiger partial charge is 0.306 e. The number of rotatable bonds is 20. The fourth-order valence-corrected chi connectivity index (χ4v) is 4.70. The zero-order chi connectivity index (χ0) is 24.2. The molecule has 0 radical (unpaired) electrons. The molecule has 4 heteroatoms. The lowest BCUT2D eigenvalue weighted by Gasteiger charge is -2.26. The van der Waals surface area contributed by atoms with Gasteiger partial charge >= 0.3 is 5.97 Å². The van der Waals surface area contributed by atoms with E-state index in [1.807, 2.05) is 6.08 Å². The molecule has 0 saturated heterocycles. The van der Waals surface area contributed by atoms with Crippen molar-refractivity contribution in [1.82, 2.24) is 0 Å². The van der Waals surface area contributed by atoms with Crippen molar-refractivity contribution in [2.75, 3.05) is 0 Å². The maximum Gasteiger partial charge on any atom is 0.306 e. The van der Waals surface area contributed by atoms with E-state index in [-0.39, 0.29) is 12.5 Å². The first-order valence-electron chi connectivity index (χ1n) is 14.1. The minimum atomic E-state index is -1.16. The Morgan fingerprint density at radius 1 is 0.818 bits per heavy atom. The predicted molar refractivity (Wildman–Crippen MR) is 135 cm³/mol. The lowest BCUT2D eigenvalue weighted by atomic mass is 9.89. The summed E-state index contributed by atoms with van der Waals surface area (Å²) >= 11 is 0. The Morgan fingerprint density at radius 3 is 1.85 bits per heavy atom. The van der Waals surface area contributed by atoms with Gasteiger partial charge in [-0.25, -0.2) is 0 Å². The number of hydrogen-bond acceptors (Lipinski definition) is 4. The van der Waals surface area contributed by atoms with Crippen LogP contribution in [0, 0.1) is 11.8 Å². The minimum Gasteiger partial charge on any atom is -0.550 e. The molecular formula is C29H51O4-. The van der Waals surface area contributed by atoms with Gasteiger partial charge in [-0.2, -0.15) is 0 Å². The van der Waals surface area contributed by atoms with Crippen LogP contribution < -0.4 is 5.11 Å². The molecular weight excluding hydrogens is 412 g/mol. The lowest BCUT2D eigenvalue weighted by molar-refractivity contribution is -0.311. The van der Waals surface area contributed by atoms with Crippen molar-refractivity contribution < 1.29 is 19.4 Å². The molecule has 0 aromatic heterocycles. The van der Waals surface area contributed by atoms with Crippen molar-refractivity contribution in [3.63, 3.8) is 0 Å². The Morgan fingerprint density at radius 2 is 1.33 bits per heavy atom. The molecule has 1 fully saturated rings. The summed E-state index contributed by atoms with van der Waals surface area (Å²) in [6, 6.07) is 0. The van der Waals surface area contributed by atoms with Gasteiger partial charge in [0.15, 0.2) is 0 Å². The largest absolute Gasteiger partial charge is 0.550 e. The summed E-state index contributed by atoms with van der Waals surface area (Å²) < 4.78 is 5.50. The van der Waals surface area contributed by atoms with E-state index in [2.05, 4.69) is 19.9 Å². The van der Waals surface area contributed by atoms with Gasteiger partial charge in [-0.05, 0) is 50.9 Å². The van der Waals surface area contributed by atoms with E-state index in [0.717, 1.165) is 38.5 Å². The van der Waals surface area contributed by atoms with Crippen LogP contribution in [0.1, 0.15) is 142 Å². The summed E-state index contributed by atoms with van der Waals surface area (Å²) in [7, 11) is 0. The third kappa shape index (κ3) is 16.9. The number of unbranched alkanes of at least 4 members (excludes halogenated alkanes) is 13. The van der Waals surface area contributed by atoms with E-state index >= 15 is 0 Å². The number of carbonyl (C=O) groups excluding carboxylic acids is 2. The van der Waals surface area contributed by atoms with Crippen LogP contribution in [-0.2, 0) is 14.3 Å². The quantitative estimate of drug-likeness (QED) is 0.108. The molecule has 0 aromatic carbocycles. The molecule has 1 saturated carbocycles. The van der Waals surface area contributed by atoms with Crippen molar-refractivity contribution in [2.24, 2.45) is 11.8 Å². The monoisotopic (exact) mass is 463 g/mol. The summed E-state index contributed by atoms with van der Waals surface area (Å²) in [6.45, 7) is 4.48. The standard InChI is InChI=1S/C29H52O4/c1-3-4-5-6-7-8-9-10-11-12-13-14-15-16-17-18-19-26(29(31)32)24-28(30)33-27-22-20-25(2)21-23-27/h17-18,25-27H,3-16,19-24H2,1-2H3,(H,31,32)/p-1. The number of hydrogen-bond donors (Lipinski definition) is 0. The lowest BCUT2D eigenvalue weighted by Crippen LogP contribution is -2.34. The highest BCUT2D eigenvalue weighted by atomic mass is 16.5. The van der Waals surface area contributed by atoms with E-state index in [4.69, 9.17) is 4.74 Å². The van der Waals surface area contributed by atoms with Gasteiger partial charge < -0.3 is 14.6 Å². The highest BCUT2D eigenvalue weighted by Crippen LogP contribution is 2.26. The van der Waals surface area contributed by atoms with E-state index in [1.54, 1.807) is 0 Å². The highest BCUT2D eigenvalue weighted by Gasteiger charge is 2.23. The summed E-state index contributed by atoms with van der Waals surface area (Å²) in [6.07, 6.45) is 26.5. The van der Waals surface area contributed by atoms with Gasteiger partial charge in [0.25, 0.3) is 0 Å². The van der Waals surface area contributed by atoms with Crippen molar-refractivity contribution in [2.45, 2.75) is 148 Å². The molecule has 0 amide bonds. The third-order valence-electron chi connectivity index (χ3n) is 7.07. The highest BCUT2D eigenvalue weighted by molar-refractivity contribution is 5.77. The first-order chi connectivity index (χ1) is 16.0. The van der Waals surface area contributed by atoms with Gasteiger partial charge in [-0.15, -0.1) is 0 Å². The fraction of sp³-hybridized carbons (Fsp3) is 0.862. The van der Waals surface area contributed by atoms with E-state index < -0.39 is 17.9 Å². The molecule has 1 aliphatic rings. The molecule has 0 N–H and O–H groups in total. The molecule has 192 valence electrons. The summed E-state index contributed by atoms with van der Waals surface area (Å²) in [5.74, 6) is -1.65. The molecule has 1 unspecified atom stereocenters. The van der Waals surface area contributed by atoms with Crippen molar-refractivity contribution >= 4 is 11.9 Å². The van der Waals surface area contributed by atoms with Crippen LogP contribution >= 0.6 is 0 Å². The normalized spacial score (nSPS) is 19.6. The molecule has 0 spiro atoms. The van der Waals surface area contributed by atoms with E-state index in [9.17, 15) is 14.7 Å². The Hall–Kier alpha value is -1.32. The van der Waals surface area contributed by atoms with Crippen LogP contribution in [0.2, 0.25) is 0 Å². The molecule has 1 aliphatic carbocycles. The molecule has 0 aromatic rings. The van der Waals surface area contributed by atoms with Crippen LogP contribution in [0.4, 0.5) is 0 Å². The van der Waals surface area contributed by atoms with Crippen molar-refractivity contribution in [3.8, 4) is 0 Å². The number of allylic oxidation sites excluding steroid dienone is 2. The zero-order valence-corrected chi connectivity index (χ0v) is 21.7. The minimum absolute atomic E-state index is 0.0396.